The Labute approximate surface area is 145 Å². The van der Waals surface area contributed by atoms with E-state index in [-0.39, 0.29) is 0 Å². The highest BCUT2D eigenvalue weighted by molar-refractivity contribution is 6.39. The molecule has 0 saturated heterocycles. The Morgan fingerprint density at radius 1 is 1.28 bits per heavy atom. The number of tetrazole rings is 1. The van der Waals surface area contributed by atoms with Gasteiger partial charge in [-0.05, 0) is 47.7 Å². The predicted octanol–water partition coefficient (Wildman–Crippen LogP) is 1.29. The van der Waals surface area contributed by atoms with Crippen LogP contribution in [0.2, 0.25) is 0 Å². The van der Waals surface area contributed by atoms with E-state index in [4.69, 9.17) is 0 Å². The molecule has 25 heavy (non-hydrogen) atoms. The van der Waals surface area contributed by atoms with E-state index in [9.17, 15) is 9.59 Å². The Kier molecular flexibility index (Phi) is 5.17. The zero-order valence-corrected chi connectivity index (χ0v) is 14.0. The monoisotopic (exact) mass is 340 g/mol. The molecule has 2 aromatic rings. The third kappa shape index (κ3) is 4.28. The van der Waals surface area contributed by atoms with Crippen molar-refractivity contribution in [3.8, 4) is 11.4 Å². The van der Waals surface area contributed by atoms with Gasteiger partial charge in [-0.15, -0.1) is 5.10 Å². The van der Waals surface area contributed by atoms with E-state index in [1.54, 1.807) is 25.2 Å². The van der Waals surface area contributed by atoms with Crippen molar-refractivity contribution in [2.45, 2.75) is 19.3 Å². The molecule has 3 rings (SSSR count). The van der Waals surface area contributed by atoms with Gasteiger partial charge in [0.25, 0.3) is 0 Å². The quantitative estimate of drug-likeness (QED) is 0.645. The molecule has 0 bridgehead atoms. The Morgan fingerprint density at radius 2 is 2.16 bits per heavy atom. The Bertz CT molecular complexity index is 798. The molecule has 1 aromatic carbocycles. The fourth-order valence-corrected chi connectivity index (χ4v) is 2.76. The first kappa shape index (κ1) is 16.8. The lowest BCUT2D eigenvalue weighted by Gasteiger charge is -2.17. The topological polar surface area (TPSA) is 102 Å². The summed E-state index contributed by atoms with van der Waals surface area (Å²) in [5, 5.41) is 16.6. The number of rotatable bonds is 4. The molecule has 0 spiro atoms. The molecule has 1 atom stereocenters. The number of nitrogens with zero attached hydrogens (tertiary/aromatic N) is 4. The summed E-state index contributed by atoms with van der Waals surface area (Å²) in [4.78, 5) is 24.0. The number of aryl methyl sites for hydroxylation is 1. The smallest absolute Gasteiger partial charge is 0.313 e. The van der Waals surface area contributed by atoms with Crippen LogP contribution in [0.1, 0.15) is 19.3 Å². The fourth-order valence-electron chi connectivity index (χ4n) is 2.76. The van der Waals surface area contributed by atoms with Gasteiger partial charge in [0.05, 0.1) is 0 Å². The number of carbonyl (C=O) groups excluding carboxylic acids is 2. The van der Waals surface area contributed by atoms with E-state index in [1.807, 2.05) is 6.07 Å². The van der Waals surface area contributed by atoms with Crippen LogP contribution in [0.3, 0.4) is 0 Å². The molecule has 1 aliphatic carbocycles. The number of hydrogen-bond acceptors (Lipinski definition) is 5. The molecule has 1 aliphatic rings. The van der Waals surface area contributed by atoms with Crippen molar-refractivity contribution in [3.63, 3.8) is 0 Å². The summed E-state index contributed by atoms with van der Waals surface area (Å²) in [7, 11) is 1.73. The van der Waals surface area contributed by atoms with Gasteiger partial charge in [-0.3, -0.25) is 9.59 Å². The van der Waals surface area contributed by atoms with Crippen LogP contribution in [0.25, 0.3) is 11.4 Å². The number of amides is 2. The summed E-state index contributed by atoms with van der Waals surface area (Å²) >= 11 is 0. The lowest BCUT2D eigenvalue weighted by atomic mass is 9.94. The average molecular weight is 340 g/mol. The molecule has 2 amide bonds. The lowest BCUT2D eigenvalue weighted by molar-refractivity contribution is -0.136. The van der Waals surface area contributed by atoms with Crippen LogP contribution >= 0.6 is 0 Å². The molecule has 8 heteroatoms. The molecule has 8 nitrogen and oxygen atoms in total. The SMILES string of the molecule is Cn1nnnc1-c1cccc(NC(=O)C(=O)NCC2CC=CCC2)c1. The third-order valence-electron chi connectivity index (χ3n) is 4.13. The van der Waals surface area contributed by atoms with Gasteiger partial charge in [0.2, 0.25) is 0 Å². The zero-order chi connectivity index (χ0) is 17.6. The maximum Gasteiger partial charge on any atom is 0.313 e. The zero-order valence-electron chi connectivity index (χ0n) is 14.0. The minimum absolute atomic E-state index is 0.397. The van der Waals surface area contributed by atoms with Gasteiger partial charge in [-0.25, -0.2) is 4.68 Å². The van der Waals surface area contributed by atoms with Crippen LogP contribution in [0.15, 0.2) is 36.4 Å². The fraction of sp³-hybridized carbons (Fsp3) is 0.353. The van der Waals surface area contributed by atoms with Crippen molar-refractivity contribution in [3.05, 3.63) is 36.4 Å². The van der Waals surface area contributed by atoms with Crippen molar-refractivity contribution >= 4 is 17.5 Å². The van der Waals surface area contributed by atoms with Gasteiger partial charge in [0.1, 0.15) is 0 Å². The summed E-state index contributed by atoms with van der Waals surface area (Å²) in [5.74, 6) is -0.334. The molecular formula is C17H20N6O2. The van der Waals surface area contributed by atoms with Crippen molar-refractivity contribution in [1.82, 2.24) is 25.5 Å². The summed E-state index contributed by atoms with van der Waals surface area (Å²) in [5.41, 5.74) is 1.26. The highest BCUT2D eigenvalue weighted by Gasteiger charge is 2.17. The number of anilines is 1. The maximum absolute atomic E-state index is 12.1. The molecule has 0 aliphatic heterocycles. The maximum atomic E-state index is 12.1. The van der Waals surface area contributed by atoms with Gasteiger partial charge in [0, 0.05) is 24.8 Å². The summed E-state index contributed by atoms with van der Waals surface area (Å²) in [6, 6.07) is 7.04. The van der Waals surface area contributed by atoms with Gasteiger partial charge in [-0.2, -0.15) is 0 Å². The van der Waals surface area contributed by atoms with Crippen molar-refractivity contribution in [2.75, 3.05) is 11.9 Å². The Balaban J connectivity index is 1.58. The standard InChI is InChI=1S/C17H20N6O2/c1-23-15(20-21-22-23)13-8-5-9-14(10-13)19-17(25)16(24)18-11-12-6-3-2-4-7-12/h2-3,5,8-10,12H,4,6-7,11H2,1H3,(H,18,24)(H,19,25). The first-order chi connectivity index (χ1) is 12.1. The minimum Gasteiger partial charge on any atom is -0.348 e. The van der Waals surface area contributed by atoms with Gasteiger partial charge in [0.15, 0.2) is 5.82 Å². The molecule has 130 valence electrons. The van der Waals surface area contributed by atoms with E-state index in [1.165, 1.54) is 4.68 Å². The molecule has 1 unspecified atom stereocenters. The molecule has 0 fully saturated rings. The first-order valence-electron chi connectivity index (χ1n) is 8.20. The minimum atomic E-state index is -0.681. The molecule has 1 aromatic heterocycles. The second-order valence-corrected chi connectivity index (χ2v) is 6.02. The average Bonchev–Trinajstić information content (AvgIpc) is 3.06. The number of nitrogens with one attached hydrogen (secondary N) is 2. The highest BCUT2D eigenvalue weighted by Crippen LogP contribution is 2.19. The van der Waals surface area contributed by atoms with Gasteiger partial charge >= 0.3 is 11.8 Å². The van der Waals surface area contributed by atoms with E-state index in [2.05, 4.69) is 38.3 Å². The second-order valence-electron chi connectivity index (χ2n) is 6.02. The van der Waals surface area contributed by atoms with Gasteiger partial charge in [-0.1, -0.05) is 24.3 Å². The summed E-state index contributed by atoms with van der Waals surface area (Å²) < 4.78 is 1.53. The molecule has 2 N–H and O–H groups in total. The van der Waals surface area contributed by atoms with Crippen LogP contribution in [0, 0.1) is 5.92 Å². The number of hydrogen-bond donors (Lipinski definition) is 2. The van der Waals surface area contributed by atoms with Crippen LogP contribution in [-0.4, -0.2) is 38.6 Å². The van der Waals surface area contributed by atoms with Crippen LogP contribution < -0.4 is 10.6 Å². The normalized spacial score (nSPS) is 16.4. The Morgan fingerprint density at radius 3 is 2.88 bits per heavy atom. The molecule has 0 radical (unpaired) electrons. The first-order valence-corrected chi connectivity index (χ1v) is 8.20. The molecule has 1 heterocycles. The van der Waals surface area contributed by atoms with E-state index in [0.29, 0.717) is 24.0 Å². The number of benzene rings is 1. The molecular weight excluding hydrogens is 320 g/mol. The number of carbonyl (C=O) groups is 2. The second kappa shape index (κ2) is 7.69. The number of allylic oxidation sites excluding steroid dienone is 2. The third-order valence-corrected chi connectivity index (χ3v) is 4.13. The summed E-state index contributed by atoms with van der Waals surface area (Å²) in [6.45, 7) is 0.515. The lowest BCUT2D eigenvalue weighted by Crippen LogP contribution is -2.38. The highest BCUT2D eigenvalue weighted by atomic mass is 16.2. The number of aromatic nitrogens is 4. The van der Waals surface area contributed by atoms with Crippen LogP contribution in [0.4, 0.5) is 5.69 Å². The Hall–Kier alpha value is -3.03. The predicted molar refractivity (Wildman–Crippen MR) is 92.4 cm³/mol. The summed E-state index contributed by atoms with van der Waals surface area (Å²) in [6.07, 6.45) is 7.26. The van der Waals surface area contributed by atoms with Crippen molar-refractivity contribution in [2.24, 2.45) is 13.0 Å². The van der Waals surface area contributed by atoms with E-state index >= 15 is 0 Å². The van der Waals surface area contributed by atoms with Gasteiger partial charge < -0.3 is 10.6 Å². The van der Waals surface area contributed by atoms with E-state index in [0.717, 1.165) is 24.8 Å². The largest absolute Gasteiger partial charge is 0.348 e. The van der Waals surface area contributed by atoms with Crippen LogP contribution in [-0.2, 0) is 16.6 Å². The van der Waals surface area contributed by atoms with E-state index < -0.39 is 11.8 Å². The van der Waals surface area contributed by atoms with Crippen LogP contribution in [0.5, 0.6) is 0 Å². The van der Waals surface area contributed by atoms with Crippen molar-refractivity contribution in [1.29, 1.82) is 0 Å². The van der Waals surface area contributed by atoms with Crippen molar-refractivity contribution < 1.29 is 9.59 Å². The molecule has 0 saturated carbocycles.